The molecule has 0 bridgehead atoms. The third-order valence-corrected chi connectivity index (χ3v) is 1.34. The maximum atomic E-state index is 8.97. The van der Waals surface area contributed by atoms with Crippen LogP contribution in [0.15, 0.2) is 5.16 Å². The van der Waals surface area contributed by atoms with Crippen molar-refractivity contribution in [2.75, 3.05) is 0 Å². The molecule has 0 aliphatic carbocycles. The van der Waals surface area contributed by atoms with Crippen LogP contribution in [-0.2, 0) is 0 Å². The molecule has 60 valence electrons. The third-order valence-electron chi connectivity index (χ3n) is 1.34. The van der Waals surface area contributed by atoms with Gasteiger partial charge in [0.2, 0.25) is 0 Å². The van der Waals surface area contributed by atoms with Gasteiger partial charge in [0.05, 0.1) is 12.3 Å². The summed E-state index contributed by atoms with van der Waals surface area (Å²) in [5.74, 6) is 0. The van der Waals surface area contributed by atoms with E-state index in [-0.39, 0.29) is 0 Å². The number of hydrogen-bond acceptors (Lipinski definition) is 3. The van der Waals surface area contributed by atoms with Crippen LogP contribution in [0.3, 0.4) is 0 Å². The van der Waals surface area contributed by atoms with Gasteiger partial charge in [0.1, 0.15) is 0 Å². The van der Waals surface area contributed by atoms with E-state index >= 15 is 0 Å². The maximum Gasteiger partial charge on any atom is 0.0924 e. The zero-order valence-corrected chi connectivity index (χ0v) is 6.32. The molecular weight excluding hydrogens is 130 g/mol. The first-order chi connectivity index (χ1) is 4.81. The summed E-state index contributed by atoms with van der Waals surface area (Å²) >= 11 is 0. The topological polar surface area (TPSA) is 52.8 Å². The van der Waals surface area contributed by atoms with Crippen molar-refractivity contribution in [2.45, 2.75) is 38.7 Å². The van der Waals surface area contributed by atoms with Gasteiger partial charge in [0, 0.05) is 0 Å². The molecule has 0 spiro atoms. The van der Waals surface area contributed by atoms with Gasteiger partial charge in [-0.25, -0.2) is 0 Å². The van der Waals surface area contributed by atoms with Gasteiger partial charge < -0.3 is 10.3 Å². The summed E-state index contributed by atoms with van der Waals surface area (Å²) in [6, 6.07) is 0. The normalized spacial score (nSPS) is 14.2. The smallest absolute Gasteiger partial charge is 0.0924 e. The SMILES string of the molecule is CCCCC[C@H](O)/C=N\O. The Kier molecular flexibility index (Phi) is 6.18. The van der Waals surface area contributed by atoms with Crippen molar-refractivity contribution in [2.24, 2.45) is 5.16 Å². The summed E-state index contributed by atoms with van der Waals surface area (Å²) in [5, 5.41) is 19.7. The minimum atomic E-state index is -0.573. The second-order valence-corrected chi connectivity index (χ2v) is 2.33. The molecule has 0 aliphatic heterocycles. The highest BCUT2D eigenvalue weighted by atomic mass is 16.4. The summed E-state index contributed by atoms with van der Waals surface area (Å²) in [6.45, 7) is 2.10. The van der Waals surface area contributed by atoms with Crippen LogP contribution in [0.2, 0.25) is 0 Å². The lowest BCUT2D eigenvalue weighted by atomic mass is 10.1. The van der Waals surface area contributed by atoms with Gasteiger partial charge in [-0.15, -0.1) is 0 Å². The van der Waals surface area contributed by atoms with E-state index in [4.69, 9.17) is 10.3 Å². The van der Waals surface area contributed by atoms with E-state index in [0.717, 1.165) is 25.5 Å². The molecule has 0 fully saturated rings. The highest BCUT2D eigenvalue weighted by molar-refractivity contribution is 5.61. The predicted molar refractivity (Wildman–Crippen MR) is 40.4 cm³/mol. The van der Waals surface area contributed by atoms with E-state index < -0.39 is 6.10 Å². The summed E-state index contributed by atoms with van der Waals surface area (Å²) in [6.07, 6.45) is 4.52. The molecule has 1 atom stereocenters. The molecule has 3 heteroatoms. The Labute approximate surface area is 61.4 Å². The number of oxime groups is 1. The minimum Gasteiger partial charge on any atom is -0.411 e. The molecule has 0 rings (SSSR count). The zero-order chi connectivity index (χ0) is 7.82. The Hall–Kier alpha value is -0.570. The highest BCUT2D eigenvalue weighted by Gasteiger charge is 1.97. The maximum absolute atomic E-state index is 8.97. The molecule has 0 aliphatic rings. The number of aliphatic hydroxyl groups is 1. The molecule has 0 radical (unpaired) electrons. The molecule has 2 N–H and O–H groups in total. The Morgan fingerprint density at radius 3 is 2.70 bits per heavy atom. The third kappa shape index (κ3) is 5.56. The molecule has 0 unspecified atom stereocenters. The fourth-order valence-corrected chi connectivity index (χ4v) is 0.755. The van der Waals surface area contributed by atoms with Crippen LogP contribution in [0.4, 0.5) is 0 Å². The Bertz CT molecular complexity index is 93.6. The van der Waals surface area contributed by atoms with Crippen molar-refractivity contribution < 1.29 is 10.3 Å². The summed E-state index contributed by atoms with van der Waals surface area (Å²) in [5.41, 5.74) is 0. The Morgan fingerprint density at radius 2 is 2.20 bits per heavy atom. The average molecular weight is 145 g/mol. The summed E-state index contributed by atoms with van der Waals surface area (Å²) in [7, 11) is 0. The number of unbranched alkanes of at least 4 members (excludes halogenated alkanes) is 2. The molecule has 0 amide bonds. The quantitative estimate of drug-likeness (QED) is 0.266. The Morgan fingerprint density at radius 1 is 1.50 bits per heavy atom. The second kappa shape index (κ2) is 6.55. The largest absolute Gasteiger partial charge is 0.411 e. The first-order valence-electron chi connectivity index (χ1n) is 3.67. The van der Waals surface area contributed by atoms with Crippen molar-refractivity contribution in [3.8, 4) is 0 Å². The number of nitrogens with zero attached hydrogens (tertiary/aromatic N) is 1. The summed E-state index contributed by atoms with van der Waals surface area (Å²) in [4.78, 5) is 0. The van der Waals surface area contributed by atoms with Crippen LogP contribution in [0.25, 0.3) is 0 Å². The van der Waals surface area contributed by atoms with Crippen LogP contribution < -0.4 is 0 Å². The van der Waals surface area contributed by atoms with E-state index in [9.17, 15) is 0 Å². The van der Waals surface area contributed by atoms with Gasteiger partial charge in [-0.05, 0) is 6.42 Å². The lowest BCUT2D eigenvalue weighted by molar-refractivity contribution is 0.222. The van der Waals surface area contributed by atoms with Gasteiger partial charge in [-0.3, -0.25) is 0 Å². The molecule has 0 saturated carbocycles. The van der Waals surface area contributed by atoms with E-state index in [0.29, 0.717) is 6.42 Å². The fraction of sp³-hybridized carbons (Fsp3) is 0.857. The van der Waals surface area contributed by atoms with Crippen LogP contribution in [0.1, 0.15) is 32.6 Å². The molecule has 0 saturated heterocycles. The van der Waals surface area contributed by atoms with Gasteiger partial charge in [0.15, 0.2) is 0 Å². The van der Waals surface area contributed by atoms with E-state index in [1.165, 1.54) is 0 Å². The number of aliphatic hydroxyl groups excluding tert-OH is 1. The number of rotatable bonds is 5. The lowest BCUT2D eigenvalue weighted by Gasteiger charge is -2.01. The molecule has 10 heavy (non-hydrogen) atoms. The predicted octanol–water partition coefficient (Wildman–Crippen LogP) is 1.39. The van der Waals surface area contributed by atoms with Crippen molar-refractivity contribution in [3.63, 3.8) is 0 Å². The second-order valence-electron chi connectivity index (χ2n) is 2.33. The molecule has 0 aromatic rings. The van der Waals surface area contributed by atoms with Crippen molar-refractivity contribution in [1.29, 1.82) is 0 Å². The lowest BCUT2D eigenvalue weighted by Crippen LogP contribution is -2.07. The Balaban J connectivity index is 3.13. The summed E-state index contributed by atoms with van der Waals surface area (Å²) < 4.78 is 0. The van der Waals surface area contributed by atoms with Crippen molar-refractivity contribution in [1.82, 2.24) is 0 Å². The fourth-order valence-electron chi connectivity index (χ4n) is 0.755. The van der Waals surface area contributed by atoms with Crippen LogP contribution >= 0.6 is 0 Å². The van der Waals surface area contributed by atoms with Crippen LogP contribution in [-0.4, -0.2) is 22.6 Å². The van der Waals surface area contributed by atoms with Crippen molar-refractivity contribution in [3.05, 3.63) is 0 Å². The zero-order valence-electron chi connectivity index (χ0n) is 6.32. The van der Waals surface area contributed by atoms with Gasteiger partial charge in [-0.2, -0.15) is 0 Å². The van der Waals surface area contributed by atoms with Gasteiger partial charge in [-0.1, -0.05) is 31.3 Å². The van der Waals surface area contributed by atoms with Crippen molar-refractivity contribution >= 4 is 6.21 Å². The van der Waals surface area contributed by atoms with E-state index in [1.54, 1.807) is 0 Å². The van der Waals surface area contributed by atoms with Crippen LogP contribution in [0, 0.1) is 0 Å². The molecule has 0 heterocycles. The highest BCUT2D eigenvalue weighted by Crippen LogP contribution is 2.01. The first kappa shape index (κ1) is 9.43. The van der Waals surface area contributed by atoms with Crippen LogP contribution in [0.5, 0.6) is 0 Å². The standard InChI is InChI=1S/C7H15NO2/c1-2-3-4-5-7(9)6-8-10/h6-7,9-10H,2-5H2,1H3/b8-6-/t7-/m0/s1. The molecule has 0 aromatic carbocycles. The molecular formula is C7H15NO2. The first-order valence-corrected chi connectivity index (χ1v) is 3.67. The average Bonchev–Trinajstić information content (AvgIpc) is 1.89. The monoisotopic (exact) mass is 145 g/mol. The minimum absolute atomic E-state index is 0.573. The number of hydrogen-bond donors (Lipinski definition) is 2. The molecule has 3 nitrogen and oxygen atoms in total. The molecule has 0 aromatic heterocycles. The van der Waals surface area contributed by atoms with Gasteiger partial charge >= 0.3 is 0 Å². The van der Waals surface area contributed by atoms with E-state index in [2.05, 4.69) is 12.1 Å². The van der Waals surface area contributed by atoms with E-state index in [1.807, 2.05) is 0 Å². The van der Waals surface area contributed by atoms with Gasteiger partial charge in [0.25, 0.3) is 0 Å².